The number of hydrogen-bond acceptors (Lipinski definition) is 4. The fourth-order valence-corrected chi connectivity index (χ4v) is 3.81. The third kappa shape index (κ3) is 3.64. The van der Waals surface area contributed by atoms with Crippen molar-refractivity contribution in [3.63, 3.8) is 0 Å². The smallest absolute Gasteiger partial charge is 0.262 e. The topological polar surface area (TPSA) is 70.1 Å². The fraction of sp³-hybridized carbons (Fsp3) is 0.421. The average molecular weight is 372 g/mol. The van der Waals surface area contributed by atoms with Crippen molar-refractivity contribution in [1.29, 1.82) is 0 Å². The van der Waals surface area contributed by atoms with Crippen LogP contribution < -0.4 is 10.9 Å². The van der Waals surface area contributed by atoms with Gasteiger partial charge in [0.25, 0.3) is 11.5 Å². The lowest BCUT2D eigenvalue weighted by Gasteiger charge is -2.22. The highest BCUT2D eigenvalue weighted by Crippen LogP contribution is 2.16. The Bertz CT molecular complexity index is 947. The molecule has 1 fully saturated rings. The summed E-state index contributed by atoms with van der Waals surface area (Å²) in [5, 5.41) is 3.52. The Labute approximate surface area is 157 Å². The van der Waals surface area contributed by atoms with Gasteiger partial charge >= 0.3 is 0 Å². The van der Waals surface area contributed by atoms with E-state index in [9.17, 15) is 9.59 Å². The quantitative estimate of drug-likeness (QED) is 0.604. The van der Waals surface area contributed by atoms with Gasteiger partial charge in [0.1, 0.15) is 0 Å². The molecular formula is C19H24N4O2S. The zero-order chi connectivity index (χ0) is 18.7. The average Bonchev–Trinajstić information content (AvgIpc) is 3.10. The molecule has 6 nitrogen and oxygen atoms in total. The molecule has 0 saturated carbocycles. The van der Waals surface area contributed by atoms with Crippen LogP contribution >= 0.6 is 12.2 Å². The highest BCUT2D eigenvalue weighted by atomic mass is 32.1. The zero-order valence-corrected chi connectivity index (χ0v) is 15.8. The number of carbonyl (C=O) groups excluding carboxylic acids is 1. The number of aromatic amines is 1. The van der Waals surface area contributed by atoms with Crippen LogP contribution in [-0.4, -0.2) is 46.0 Å². The molecule has 2 N–H and O–H groups in total. The van der Waals surface area contributed by atoms with Gasteiger partial charge in [-0.2, -0.15) is 0 Å². The Morgan fingerprint density at radius 1 is 1.50 bits per heavy atom. The zero-order valence-electron chi connectivity index (χ0n) is 15.0. The molecule has 3 rings (SSSR count). The van der Waals surface area contributed by atoms with E-state index in [-0.39, 0.29) is 11.5 Å². The van der Waals surface area contributed by atoms with Crippen molar-refractivity contribution >= 4 is 29.0 Å². The van der Waals surface area contributed by atoms with Gasteiger partial charge in [-0.05, 0) is 56.3 Å². The van der Waals surface area contributed by atoms with Crippen molar-refractivity contribution in [1.82, 2.24) is 19.8 Å². The van der Waals surface area contributed by atoms with E-state index in [1.807, 2.05) is 0 Å². The molecule has 1 atom stereocenters. The van der Waals surface area contributed by atoms with Crippen molar-refractivity contribution in [2.24, 2.45) is 0 Å². The first-order chi connectivity index (χ1) is 12.5. The SMILES string of the molecule is C=CCn1c(=S)[nH]c2cc(C(=O)NCC3CCCN3CC)ccc2c1=O. The number of fused-ring (bicyclic) bond motifs is 1. The van der Waals surface area contributed by atoms with Gasteiger partial charge in [-0.1, -0.05) is 13.0 Å². The molecule has 1 amide bonds. The maximum atomic E-state index is 12.5. The number of amides is 1. The molecule has 0 radical (unpaired) electrons. The van der Waals surface area contributed by atoms with Crippen molar-refractivity contribution in [3.8, 4) is 0 Å². The van der Waals surface area contributed by atoms with Gasteiger partial charge in [0.05, 0.1) is 10.9 Å². The Balaban J connectivity index is 1.81. The van der Waals surface area contributed by atoms with E-state index in [0.717, 1.165) is 19.5 Å². The van der Waals surface area contributed by atoms with Crippen LogP contribution in [0.1, 0.15) is 30.1 Å². The van der Waals surface area contributed by atoms with Crippen molar-refractivity contribution in [2.45, 2.75) is 32.4 Å². The number of allylic oxidation sites excluding steroid dienone is 1. The minimum Gasteiger partial charge on any atom is -0.350 e. The summed E-state index contributed by atoms with van der Waals surface area (Å²) >= 11 is 5.25. The van der Waals surface area contributed by atoms with Crippen molar-refractivity contribution in [2.75, 3.05) is 19.6 Å². The summed E-state index contributed by atoms with van der Waals surface area (Å²) in [5.74, 6) is -0.135. The summed E-state index contributed by atoms with van der Waals surface area (Å²) in [6, 6.07) is 5.44. The maximum absolute atomic E-state index is 12.5. The van der Waals surface area contributed by atoms with Crippen LogP contribution in [0.25, 0.3) is 10.9 Å². The molecule has 26 heavy (non-hydrogen) atoms. The van der Waals surface area contributed by atoms with Crippen LogP contribution in [0.5, 0.6) is 0 Å². The number of likely N-dealkylation sites (tertiary alicyclic amines) is 1. The Morgan fingerprint density at radius 2 is 2.31 bits per heavy atom. The van der Waals surface area contributed by atoms with Crippen molar-refractivity contribution < 1.29 is 4.79 Å². The Morgan fingerprint density at radius 3 is 3.04 bits per heavy atom. The lowest BCUT2D eigenvalue weighted by molar-refractivity contribution is 0.0941. The molecule has 1 saturated heterocycles. The molecule has 1 unspecified atom stereocenters. The summed E-state index contributed by atoms with van der Waals surface area (Å²) in [7, 11) is 0. The molecule has 2 aromatic rings. The monoisotopic (exact) mass is 372 g/mol. The molecule has 0 bridgehead atoms. The molecule has 0 spiro atoms. The first kappa shape index (κ1) is 18.5. The molecule has 0 aliphatic carbocycles. The van der Waals surface area contributed by atoms with Crippen LogP contribution in [0.4, 0.5) is 0 Å². The largest absolute Gasteiger partial charge is 0.350 e. The standard InChI is InChI=1S/C19H24N4O2S/c1-3-9-23-18(25)15-8-7-13(11-16(15)21-19(23)26)17(24)20-12-14-6-5-10-22(14)4-2/h3,7-8,11,14H,1,4-6,9-10,12H2,2H3,(H,20,24)(H,21,26). The Kier molecular flexibility index (Phi) is 5.68. The van der Waals surface area contributed by atoms with E-state index >= 15 is 0 Å². The highest BCUT2D eigenvalue weighted by Gasteiger charge is 2.23. The minimum absolute atomic E-state index is 0.135. The molecule has 1 aliphatic rings. The van der Waals surface area contributed by atoms with Crippen LogP contribution in [0.2, 0.25) is 0 Å². The Hall–Kier alpha value is -2.25. The maximum Gasteiger partial charge on any atom is 0.262 e. The van der Waals surface area contributed by atoms with Gasteiger partial charge < -0.3 is 10.3 Å². The second-order valence-corrected chi connectivity index (χ2v) is 6.92. The minimum atomic E-state index is -0.180. The normalized spacial score (nSPS) is 17.5. The van der Waals surface area contributed by atoms with E-state index in [1.54, 1.807) is 24.3 Å². The number of H-pyrrole nitrogens is 1. The molecule has 7 heteroatoms. The summed E-state index contributed by atoms with van der Waals surface area (Å²) < 4.78 is 1.77. The lowest BCUT2D eigenvalue weighted by atomic mass is 10.1. The number of hydrogen-bond donors (Lipinski definition) is 2. The number of carbonyl (C=O) groups is 1. The molecule has 138 valence electrons. The third-order valence-corrected chi connectivity index (χ3v) is 5.28. The van der Waals surface area contributed by atoms with E-state index in [4.69, 9.17) is 12.2 Å². The van der Waals surface area contributed by atoms with Gasteiger partial charge in [0.15, 0.2) is 4.77 Å². The fourth-order valence-electron chi connectivity index (χ4n) is 3.55. The molecule has 1 aromatic heterocycles. The van der Waals surface area contributed by atoms with Gasteiger partial charge in [-0.25, -0.2) is 0 Å². The molecule has 2 heterocycles. The molecule has 1 aromatic carbocycles. The van der Waals surface area contributed by atoms with E-state index in [2.05, 4.69) is 28.7 Å². The number of benzene rings is 1. The first-order valence-electron chi connectivity index (χ1n) is 8.95. The van der Waals surface area contributed by atoms with Gasteiger partial charge in [0.2, 0.25) is 0 Å². The number of nitrogens with one attached hydrogen (secondary N) is 2. The predicted octanol–water partition coefficient (Wildman–Crippen LogP) is 2.46. The lowest BCUT2D eigenvalue weighted by Crippen LogP contribution is -2.40. The number of aromatic nitrogens is 2. The van der Waals surface area contributed by atoms with E-state index < -0.39 is 0 Å². The van der Waals surface area contributed by atoms with Gasteiger partial charge in [0, 0.05) is 24.7 Å². The number of rotatable bonds is 6. The highest BCUT2D eigenvalue weighted by molar-refractivity contribution is 7.71. The molecular weight excluding hydrogens is 348 g/mol. The number of likely N-dealkylation sites (N-methyl/N-ethyl adjacent to an activating group) is 1. The summed E-state index contributed by atoms with van der Waals surface area (Å²) in [6.07, 6.45) is 3.92. The van der Waals surface area contributed by atoms with Crippen LogP contribution in [0.15, 0.2) is 35.6 Å². The van der Waals surface area contributed by atoms with E-state index in [1.165, 1.54) is 11.0 Å². The van der Waals surface area contributed by atoms with Crippen LogP contribution in [0.3, 0.4) is 0 Å². The second-order valence-electron chi connectivity index (χ2n) is 6.53. The summed E-state index contributed by atoms with van der Waals surface area (Å²) in [5.41, 5.74) is 0.911. The van der Waals surface area contributed by atoms with Crippen LogP contribution in [-0.2, 0) is 6.54 Å². The molecule has 1 aliphatic heterocycles. The van der Waals surface area contributed by atoms with Crippen LogP contribution in [0, 0.1) is 4.77 Å². The summed E-state index contributed by atoms with van der Waals surface area (Å²) in [6.45, 7) is 8.88. The summed E-state index contributed by atoms with van der Waals surface area (Å²) in [4.78, 5) is 30.4. The predicted molar refractivity (Wildman–Crippen MR) is 106 cm³/mol. The van der Waals surface area contributed by atoms with E-state index in [0.29, 0.717) is 40.4 Å². The second kappa shape index (κ2) is 7.97. The van der Waals surface area contributed by atoms with Gasteiger partial charge in [-0.15, -0.1) is 6.58 Å². The van der Waals surface area contributed by atoms with Gasteiger partial charge in [-0.3, -0.25) is 19.1 Å². The third-order valence-electron chi connectivity index (χ3n) is 4.96. The first-order valence-corrected chi connectivity index (χ1v) is 9.36. The van der Waals surface area contributed by atoms with Crippen molar-refractivity contribution in [3.05, 3.63) is 51.5 Å². The number of nitrogens with zero attached hydrogens (tertiary/aromatic N) is 2.